The van der Waals surface area contributed by atoms with Crippen molar-refractivity contribution in [2.24, 2.45) is 0 Å². The summed E-state index contributed by atoms with van der Waals surface area (Å²) in [5.74, 6) is 0.256. The quantitative estimate of drug-likeness (QED) is 0.879. The Labute approximate surface area is 130 Å². The SMILES string of the molecule is Cc1ccc(Cl)c(OC(C)C(=O)NCC2(O)CCCC2)c1. The number of halogens is 1. The van der Waals surface area contributed by atoms with Crippen LogP contribution >= 0.6 is 11.6 Å². The normalized spacial score (nSPS) is 18.3. The zero-order valence-electron chi connectivity index (χ0n) is 12.5. The lowest BCUT2D eigenvalue weighted by molar-refractivity contribution is -0.128. The smallest absolute Gasteiger partial charge is 0.260 e. The summed E-state index contributed by atoms with van der Waals surface area (Å²) < 4.78 is 5.61. The lowest BCUT2D eigenvalue weighted by Crippen LogP contribution is -2.45. The summed E-state index contributed by atoms with van der Waals surface area (Å²) in [6.45, 7) is 3.89. The molecule has 1 atom stereocenters. The summed E-state index contributed by atoms with van der Waals surface area (Å²) in [4.78, 5) is 12.1. The van der Waals surface area contributed by atoms with E-state index >= 15 is 0 Å². The van der Waals surface area contributed by atoms with Crippen molar-refractivity contribution in [3.8, 4) is 5.75 Å². The number of aliphatic hydroxyl groups is 1. The maximum absolute atomic E-state index is 12.1. The number of ether oxygens (including phenoxy) is 1. The van der Waals surface area contributed by atoms with Gasteiger partial charge in [0.1, 0.15) is 5.75 Å². The van der Waals surface area contributed by atoms with Crippen molar-refractivity contribution in [3.63, 3.8) is 0 Å². The topological polar surface area (TPSA) is 58.6 Å². The Kier molecular flexibility index (Phi) is 5.12. The zero-order valence-corrected chi connectivity index (χ0v) is 13.2. The third kappa shape index (κ3) is 4.35. The number of nitrogens with one attached hydrogen (secondary N) is 1. The van der Waals surface area contributed by atoms with Crippen LogP contribution in [0, 0.1) is 6.92 Å². The van der Waals surface area contributed by atoms with Crippen molar-refractivity contribution < 1.29 is 14.6 Å². The van der Waals surface area contributed by atoms with Gasteiger partial charge in [0, 0.05) is 6.54 Å². The summed E-state index contributed by atoms with van der Waals surface area (Å²) >= 11 is 6.05. The highest BCUT2D eigenvalue weighted by Crippen LogP contribution is 2.29. The van der Waals surface area contributed by atoms with Crippen LogP contribution < -0.4 is 10.1 Å². The fourth-order valence-corrected chi connectivity index (χ4v) is 2.71. The molecule has 0 bridgehead atoms. The van der Waals surface area contributed by atoms with Crippen molar-refractivity contribution in [1.29, 1.82) is 0 Å². The zero-order chi connectivity index (χ0) is 15.5. The molecule has 0 aromatic heterocycles. The summed E-state index contributed by atoms with van der Waals surface area (Å²) in [6.07, 6.45) is 2.85. The largest absolute Gasteiger partial charge is 0.479 e. The molecule has 1 aromatic rings. The van der Waals surface area contributed by atoms with Crippen LogP contribution in [0.3, 0.4) is 0 Å². The maximum Gasteiger partial charge on any atom is 0.260 e. The molecule has 2 rings (SSSR count). The summed E-state index contributed by atoms with van der Waals surface area (Å²) in [6, 6.07) is 5.43. The third-order valence-corrected chi connectivity index (χ3v) is 4.20. The second-order valence-electron chi connectivity index (χ2n) is 5.84. The molecule has 5 heteroatoms. The Morgan fingerprint density at radius 1 is 1.48 bits per heavy atom. The van der Waals surface area contributed by atoms with Crippen molar-refractivity contribution in [3.05, 3.63) is 28.8 Å². The molecule has 1 saturated carbocycles. The van der Waals surface area contributed by atoms with Gasteiger partial charge in [-0.1, -0.05) is 30.5 Å². The maximum atomic E-state index is 12.1. The average molecular weight is 312 g/mol. The van der Waals surface area contributed by atoms with E-state index in [9.17, 15) is 9.90 Å². The first-order valence-corrected chi connectivity index (χ1v) is 7.70. The molecular formula is C16H22ClNO3. The van der Waals surface area contributed by atoms with Crippen molar-refractivity contribution >= 4 is 17.5 Å². The second-order valence-corrected chi connectivity index (χ2v) is 6.25. The minimum absolute atomic E-state index is 0.243. The van der Waals surface area contributed by atoms with Crippen molar-refractivity contribution in [1.82, 2.24) is 5.32 Å². The average Bonchev–Trinajstić information content (AvgIpc) is 2.87. The van der Waals surface area contributed by atoms with Gasteiger partial charge in [0.15, 0.2) is 6.10 Å². The highest BCUT2D eigenvalue weighted by atomic mass is 35.5. The predicted molar refractivity (Wildman–Crippen MR) is 82.7 cm³/mol. The van der Waals surface area contributed by atoms with Crippen LogP contribution in [-0.4, -0.2) is 29.3 Å². The molecule has 116 valence electrons. The number of aryl methyl sites for hydroxylation is 1. The molecule has 1 aromatic carbocycles. The van der Waals surface area contributed by atoms with Gasteiger partial charge < -0.3 is 15.2 Å². The van der Waals surface area contributed by atoms with Gasteiger partial charge in [-0.25, -0.2) is 0 Å². The summed E-state index contributed by atoms with van der Waals surface area (Å²) in [5.41, 5.74) is 0.262. The predicted octanol–water partition coefficient (Wildman–Crippen LogP) is 2.84. The number of hydrogen-bond acceptors (Lipinski definition) is 3. The van der Waals surface area contributed by atoms with E-state index in [2.05, 4.69) is 5.32 Å². The molecule has 2 N–H and O–H groups in total. The van der Waals surface area contributed by atoms with Gasteiger partial charge in [-0.2, -0.15) is 0 Å². The van der Waals surface area contributed by atoms with Crippen LogP contribution in [-0.2, 0) is 4.79 Å². The minimum Gasteiger partial charge on any atom is -0.479 e. The van der Waals surface area contributed by atoms with Crippen LogP contribution in [0.1, 0.15) is 38.2 Å². The first-order chi connectivity index (χ1) is 9.89. The molecule has 0 saturated heterocycles. The molecule has 0 heterocycles. The number of benzene rings is 1. The number of carbonyl (C=O) groups is 1. The highest BCUT2D eigenvalue weighted by molar-refractivity contribution is 6.32. The third-order valence-electron chi connectivity index (χ3n) is 3.89. The first-order valence-electron chi connectivity index (χ1n) is 7.32. The molecule has 1 unspecified atom stereocenters. The monoisotopic (exact) mass is 311 g/mol. The standard InChI is InChI=1S/C16H22ClNO3/c1-11-5-6-13(17)14(9-11)21-12(2)15(19)18-10-16(20)7-3-4-8-16/h5-6,9,12,20H,3-4,7-8,10H2,1-2H3,(H,18,19). The van der Waals surface area contributed by atoms with Gasteiger partial charge in [0.2, 0.25) is 0 Å². The molecule has 4 nitrogen and oxygen atoms in total. The Morgan fingerprint density at radius 3 is 2.81 bits per heavy atom. The van der Waals surface area contributed by atoms with Crippen LogP contribution in [0.25, 0.3) is 0 Å². The molecule has 1 amide bonds. The van der Waals surface area contributed by atoms with Crippen LogP contribution in [0.15, 0.2) is 18.2 Å². The molecule has 1 fully saturated rings. The van der Waals surface area contributed by atoms with Crippen molar-refractivity contribution in [2.45, 2.75) is 51.2 Å². The first kappa shape index (κ1) is 16.1. The molecule has 0 radical (unpaired) electrons. The second kappa shape index (κ2) is 6.67. The van der Waals surface area contributed by atoms with Gasteiger partial charge in [-0.3, -0.25) is 4.79 Å². The Hall–Kier alpha value is -1.26. The van der Waals surface area contributed by atoms with Gasteiger partial charge in [0.05, 0.1) is 10.6 Å². The van der Waals surface area contributed by atoms with Crippen LogP contribution in [0.5, 0.6) is 5.75 Å². The Morgan fingerprint density at radius 2 is 2.14 bits per heavy atom. The van der Waals surface area contributed by atoms with Gasteiger partial charge in [0.25, 0.3) is 5.91 Å². The molecule has 1 aliphatic rings. The fraction of sp³-hybridized carbons (Fsp3) is 0.562. The number of amides is 1. The number of hydrogen-bond donors (Lipinski definition) is 2. The van der Waals surface area contributed by atoms with E-state index < -0.39 is 11.7 Å². The summed E-state index contributed by atoms with van der Waals surface area (Å²) in [5, 5.41) is 13.5. The Bertz CT molecular complexity index is 512. The van der Waals surface area contributed by atoms with E-state index in [-0.39, 0.29) is 12.5 Å². The van der Waals surface area contributed by atoms with E-state index in [1.807, 2.05) is 13.0 Å². The molecule has 0 aliphatic heterocycles. The number of carbonyl (C=O) groups excluding carboxylic acids is 1. The van der Waals surface area contributed by atoms with Gasteiger partial charge in [-0.15, -0.1) is 0 Å². The minimum atomic E-state index is -0.754. The van der Waals surface area contributed by atoms with E-state index in [1.165, 1.54) is 0 Å². The summed E-state index contributed by atoms with van der Waals surface area (Å²) in [7, 11) is 0. The highest BCUT2D eigenvalue weighted by Gasteiger charge is 2.32. The van der Waals surface area contributed by atoms with Crippen molar-refractivity contribution in [2.75, 3.05) is 6.54 Å². The van der Waals surface area contributed by atoms with Gasteiger partial charge in [-0.05, 0) is 44.4 Å². The van der Waals surface area contributed by atoms with E-state index in [4.69, 9.17) is 16.3 Å². The van der Waals surface area contributed by atoms with E-state index in [1.54, 1.807) is 19.1 Å². The van der Waals surface area contributed by atoms with Gasteiger partial charge >= 0.3 is 0 Å². The van der Waals surface area contributed by atoms with Crippen LogP contribution in [0.2, 0.25) is 5.02 Å². The fourth-order valence-electron chi connectivity index (χ4n) is 2.55. The van der Waals surface area contributed by atoms with Crippen LogP contribution in [0.4, 0.5) is 0 Å². The lowest BCUT2D eigenvalue weighted by Gasteiger charge is -2.24. The Balaban J connectivity index is 1.89. The molecule has 1 aliphatic carbocycles. The van der Waals surface area contributed by atoms with E-state index in [0.717, 1.165) is 31.2 Å². The molecule has 0 spiro atoms. The number of rotatable bonds is 5. The van der Waals surface area contributed by atoms with E-state index in [0.29, 0.717) is 10.8 Å². The molecule has 21 heavy (non-hydrogen) atoms. The lowest BCUT2D eigenvalue weighted by atomic mass is 10.0. The molecular weight excluding hydrogens is 290 g/mol.